The summed E-state index contributed by atoms with van der Waals surface area (Å²) >= 11 is 0. The van der Waals surface area contributed by atoms with E-state index in [4.69, 9.17) is 14.3 Å². The molecule has 1 amide bonds. The van der Waals surface area contributed by atoms with E-state index in [1.54, 1.807) is 0 Å². The van der Waals surface area contributed by atoms with Crippen LogP contribution < -0.4 is 4.90 Å². The van der Waals surface area contributed by atoms with E-state index in [0.29, 0.717) is 0 Å². The first-order valence-corrected chi connectivity index (χ1v) is 5.71. The fourth-order valence-corrected chi connectivity index (χ4v) is 1.41. The first kappa shape index (κ1) is 13.6. The molecule has 0 bridgehead atoms. The van der Waals surface area contributed by atoms with E-state index in [-0.39, 0.29) is 18.4 Å². The average molecular weight is 276 g/mol. The van der Waals surface area contributed by atoms with Gasteiger partial charge in [0.05, 0.1) is 6.20 Å². The third-order valence-electron chi connectivity index (χ3n) is 2.47. The number of carboxylic acids is 1. The Balaban J connectivity index is 1.96. The largest absolute Gasteiger partial charge is 0.475 e. The maximum Gasteiger partial charge on any atom is 0.417 e. The number of hydrogen-bond acceptors (Lipinski definition) is 5. The predicted octanol–water partition coefficient (Wildman–Crippen LogP) is 2.15. The van der Waals surface area contributed by atoms with Crippen LogP contribution in [0.2, 0.25) is 0 Å². The second-order valence-corrected chi connectivity index (χ2v) is 3.91. The third-order valence-corrected chi connectivity index (χ3v) is 2.47. The highest BCUT2D eigenvalue weighted by atomic mass is 16.6. The number of benzene rings is 1. The minimum Gasteiger partial charge on any atom is -0.475 e. The van der Waals surface area contributed by atoms with Gasteiger partial charge in [-0.05, 0) is 5.56 Å². The molecule has 0 unspecified atom stereocenters. The Morgan fingerprint density at radius 2 is 2.05 bits per heavy atom. The van der Waals surface area contributed by atoms with Crippen molar-refractivity contribution >= 4 is 18.1 Å². The van der Waals surface area contributed by atoms with Gasteiger partial charge in [-0.2, -0.15) is 0 Å². The molecule has 7 heteroatoms. The van der Waals surface area contributed by atoms with Gasteiger partial charge in [-0.15, -0.1) is 0 Å². The highest BCUT2D eigenvalue weighted by molar-refractivity contribution is 5.86. The molecule has 0 spiro atoms. The molecule has 0 radical (unpaired) electrons. The normalized spacial score (nSPS) is 10.1. The summed E-state index contributed by atoms with van der Waals surface area (Å²) in [6.07, 6.45) is 0.339. The molecule has 0 aliphatic rings. The molecule has 1 heterocycles. The van der Waals surface area contributed by atoms with Gasteiger partial charge in [0.1, 0.15) is 6.61 Å². The number of aromatic nitrogens is 1. The van der Waals surface area contributed by atoms with Crippen molar-refractivity contribution in [2.75, 3.05) is 11.9 Å². The van der Waals surface area contributed by atoms with Crippen LogP contribution >= 0.6 is 0 Å². The van der Waals surface area contributed by atoms with Crippen molar-refractivity contribution in [1.29, 1.82) is 0 Å². The second kappa shape index (κ2) is 5.87. The van der Waals surface area contributed by atoms with Crippen LogP contribution in [-0.2, 0) is 11.3 Å². The molecule has 1 N–H and O–H groups in total. The molecule has 0 saturated carbocycles. The zero-order chi connectivity index (χ0) is 14.5. The first-order chi connectivity index (χ1) is 9.58. The van der Waals surface area contributed by atoms with Gasteiger partial charge in [0.15, 0.2) is 0 Å². The van der Waals surface area contributed by atoms with E-state index in [1.807, 2.05) is 30.3 Å². The summed E-state index contributed by atoms with van der Waals surface area (Å²) in [7, 11) is 1.38. The fourth-order valence-electron chi connectivity index (χ4n) is 1.41. The van der Waals surface area contributed by atoms with Gasteiger partial charge < -0.3 is 14.3 Å². The molecular formula is C13H12N2O5. The Morgan fingerprint density at radius 1 is 1.35 bits per heavy atom. The molecule has 0 aliphatic carbocycles. The number of nitrogens with zero attached hydrogens (tertiary/aromatic N) is 2. The van der Waals surface area contributed by atoms with Crippen molar-refractivity contribution in [3.05, 3.63) is 47.9 Å². The molecule has 1 aromatic carbocycles. The van der Waals surface area contributed by atoms with Gasteiger partial charge in [0.2, 0.25) is 5.76 Å². The number of anilines is 1. The lowest BCUT2D eigenvalue weighted by atomic mass is 10.2. The molecule has 104 valence electrons. The Labute approximate surface area is 114 Å². The minimum absolute atomic E-state index is 0.108. The zero-order valence-corrected chi connectivity index (χ0v) is 10.6. The van der Waals surface area contributed by atoms with E-state index < -0.39 is 12.1 Å². The number of carboxylic acid groups (broad SMARTS) is 1. The second-order valence-electron chi connectivity index (χ2n) is 3.91. The van der Waals surface area contributed by atoms with Gasteiger partial charge in [-0.1, -0.05) is 30.3 Å². The maximum atomic E-state index is 11.8. The van der Waals surface area contributed by atoms with Crippen LogP contribution in [0.5, 0.6) is 0 Å². The zero-order valence-electron chi connectivity index (χ0n) is 10.6. The Hall–Kier alpha value is -2.83. The monoisotopic (exact) mass is 276 g/mol. The maximum absolute atomic E-state index is 11.8. The summed E-state index contributed by atoms with van der Waals surface area (Å²) in [6, 6.07) is 9.03. The van der Waals surface area contributed by atoms with Crippen molar-refractivity contribution in [1.82, 2.24) is 4.98 Å². The van der Waals surface area contributed by atoms with E-state index >= 15 is 0 Å². The minimum atomic E-state index is -1.25. The molecule has 0 aliphatic heterocycles. The first-order valence-electron chi connectivity index (χ1n) is 5.71. The SMILES string of the molecule is CN(C(=O)OCc1ccccc1)c1ncc(C(=O)O)o1. The van der Waals surface area contributed by atoms with Crippen LogP contribution in [0.4, 0.5) is 10.8 Å². The molecule has 20 heavy (non-hydrogen) atoms. The van der Waals surface area contributed by atoms with Crippen LogP contribution in [0.25, 0.3) is 0 Å². The molecule has 0 saturated heterocycles. The Bertz CT molecular complexity index is 608. The lowest BCUT2D eigenvalue weighted by molar-refractivity contribution is 0.0662. The van der Waals surface area contributed by atoms with Crippen LogP contribution in [0, 0.1) is 0 Å². The van der Waals surface area contributed by atoms with Gasteiger partial charge in [-0.25, -0.2) is 19.5 Å². The number of rotatable bonds is 4. The van der Waals surface area contributed by atoms with Crippen molar-refractivity contribution in [3.63, 3.8) is 0 Å². The Kier molecular flexibility index (Phi) is 3.99. The lowest BCUT2D eigenvalue weighted by Crippen LogP contribution is -2.27. The molecule has 0 atom stereocenters. The molecule has 1 aromatic heterocycles. The number of ether oxygens (including phenoxy) is 1. The Morgan fingerprint density at radius 3 is 2.65 bits per heavy atom. The van der Waals surface area contributed by atoms with Crippen molar-refractivity contribution < 1.29 is 23.8 Å². The van der Waals surface area contributed by atoms with Crippen molar-refractivity contribution in [2.45, 2.75) is 6.61 Å². The van der Waals surface area contributed by atoms with Gasteiger partial charge in [0, 0.05) is 7.05 Å². The van der Waals surface area contributed by atoms with Gasteiger partial charge in [-0.3, -0.25) is 0 Å². The summed E-state index contributed by atoms with van der Waals surface area (Å²) in [4.78, 5) is 27.1. The number of amides is 1. The summed E-state index contributed by atoms with van der Waals surface area (Å²) in [6.45, 7) is 0.108. The standard InChI is InChI=1S/C13H12N2O5/c1-15(12-14-7-10(20-12)11(16)17)13(18)19-8-9-5-3-2-4-6-9/h2-7H,8H2,1H3,(H,16,17). The number of hydrogen-bond donors (Lipinski definition) is 1. The number of aromatic carboxylic acids is 1. The molecule has 0 fully saturated rings. The third kappa shape index (κ3) is 3.14. The van der Waals surface area contributed by atoms with Crippen LogP contribution in [0.1, 0.15) is 16.1 Å². The molecule has 2 aromatic rings. The summed E-state index contributed by atoms with van der Waals surface area (Å²) in [5.41, 5.74) is 0.841. The van der Waals surface area contributed by atoms with Crippen LogP contribution in [-0.4, -0.2) is 29.2 Å². The fraction of sp³-hybridized carbons (Fsp3) is 0.154. The van der Waals surface area contributed by atoms with Crippen LogP contribution in [0.15, 0.2) is 40.9 Å². The topological polar surface area (TPSA) is 92.9 Å². The highest BCUT2D eigenvalue weighted by Crippen LogP contribution is 2.14. The van der Waals surface area contributed by atoms with E-state index in [2.05, 4.69) is 4.98 Å². The summed E-state index contributed by atoms with van der Waals surface area (Å²) in [5.74, 6) is -1.60. The van der Waals surface area contributed by atoms with Crippen molar-refractivity contribution in [3.8, 4) is 0 Å². The highest BCUT2D eigenvalue weighted by Gasteiger charge is 2.19. The smallest absolute Gasteiger partial charge is 0.417 e. The van der Waals surface area contributed by atoms with Crippen molar-refractivity contribution in [2.24, 2.45) is 0 Å². The molecule has 2 rings (SSSR count). The van der Waals surface area contributed by atoms with Gasteiger partial charge >= 0.3 is 18.1 Å². The van der Waals surface area contributed by atoms with Gasteiger partial charge in [0.25, 0.3) is 0 Å². The summed E-state index contributed by atoms with van der Waals surface area (Å²) in [5, 5.41) is 8.70. The van der Waals surface area contributed by atoms with E-state index in [0.717, 1.165) is 16.7 Å². The predicted molar refractivity (Wildman–Crippen MR) is 68.5 cm³/mol. The van der Waals surface area contributed by atoms with E-state index in [1.165, 1.54) is 7.05 Å². The average Bonchev–Trinajstić information content (AvgIpc) is 2.95. The number of carbonyl (C=O) groups excluding carboxylic acids is 1. The van der Waals surface area contributed by atoms with Crippen LogP contribution in [0.3, 0.4) is 0 Å². The molecular weight excluding hydrogens is 264 g/mol. The molecule has 7 nitrogen and oxygen atoms in total. The number of oxazole rings is 1. The quantitative estimate of drug-likeness (QED) is 0.919. The summed E-state index contributed by atoms with van der Waals surface area (Å²) < 4.78 is 9.95. The number of carbonyl (C=O) groups is 2. The lowest BCUT2D eigenvalue weighted by Gasteiger charge is -2.12. The van der Waals surface area contributed by atoms with E-state index in [9.17, 15) is 9.59 Å².